The van der Waals surface area contributed by atoms with Crippen molar-refractivity contribution in [2.45, 2.75) is 34.2 Å². The van der Waals surface area contributed by atoms with Crippen molar-refractivity contribution in [1.29, 1.82) is 0 Å². The second-order valence-corrected chi connectivity index (χ2v) is 6.12. The summed E-state index contributed by atoms with van der Waals surface area (Å²) in [4.78, 5) is 11.9. The molecule has 1 amide bonds. The lowest BCUT2D eigenvalue weighted by Gasteiger charge is -2.14. The summed E-state index contributed by atoms with van der Waals surface area (Å²) in [6.45, 7) is 9.55. The lowest BCUT2D eigenvalue weighted by molar-refractivity contribution is -0.123. The van der Waals surface area contributed by atoms with Crippen molar-refractivity contribution in [3.8, 4) is 5.75 Å². The fraction of sp³-hybridized carbons (Fsp3) is 0.444. The summed E-state index contributed by atoms with van der Waals surface area (Å²) >= 11 is 0. The molecule has 0 bridgehead atoms. The molecule has 1 aromatic carbocycles. The van der Waals surface area contributed by atoms with Crippen molar-refractivity contribution in [3.63, 3.8) is 0 Å². The van der Waals surface area contributed by atoms with E-state index in [1.807, 2.05) is 49.7 Å². The molecule has 2 aromatic rings. The number of hydrogen-bond donors (Lipinski definition) is 1. The maximum Gasteiger partial charge on any atom is 0.257 e. The number of aromatic nitrogens is 2. The quantitative estimate of drug-likeness (QED) is 0.854. The molecule has 124 valence electrons. The van der Waals surface area contributed by atoms with Gasteiger partial charge in [0.15, 0.2) is 6.61 Å². The van der Waals surface area contributed by atoms with Crippen molar-refractivity contribution >= 4 is 5.91 Å². The van der Waals surface area contributed by atoms with Crippen molar-refractivity contribution < 1.29 is 9.53 Å². The predicted molar refractivity (Wildman–Crippen MR) is 90.5 cm³/mol. The number of carbonyl (C=O) groups is 1. The predicted octanol–water partition coefficient (Wildman–Crippen LogP) is 2.64. The molecule has 2 rings (SSSR count). The van der Waals surface area contributed by atoms with Crippen LogP contribution in [0.15, 0.2) is 30.3 Å². The smallest absolute Gasteiger partial charge is 0.257 e. The average molecular weight is 315 g/mol. The van der Waals surface area contributed by atoms with E-state index in [-0.39, 0.29) is 12.5 Å². The molecule has 0 aliphatic carbocycles. The number of amides is 1. The van der Waals surface area contributed by atoms with E-state index >= 15 is 0 Å². The highest BCUT2D eigenvalue weighted by Gasteiger charge is 2.09. The van der Waals surface area contributed by atoms with Crippen LogP contribution < -0.4 is 10.1 Å². The van der Waals surface area contributed by atoms with E-state index in [2.05, 4.69) is 23.4 Å². The second kappa shape index (κ2) is 7.81. The van der Waals surface area contributed by atoms with Crippen LogP contribution in [0.4, 0.5) is 0 Å². The molecule has 1 aromatic heterocycles. The van der Waals surface area contributed by atoms with Crippen LogP contribution in [-0.2, 0) is 11.3 Å². The number of ether oxygens (including phenoxy) is 1. The Balaban J connectivity index is 1.72. The lowest BCUT2D eigenvalue weighted by Crippen LogP contribution is -2.33. The number of aryl methyl sites for hydroxylation is 3. The Hall–Kier alpha value is -2.30. The third-order valence-electron chi connectivity index (χ3n) is 3.60. The zero-order valence-electron chi connectivity index (χ0n) is 14.3. The highest BCUT2D eigenvalue weighted by Crippen LogP contribution is 2.12. The molecule has 1 atom stereocenters. The first-order chi connectivity index (χ1) is 10.9. The van der Waals surface area contributed by atoms with Gasteiger partial charge in [0.25, 0.3) is 5.91 Å². The van der Waals surface area contributed by atoms with Crippen molar-refractivity contribution in [3.05, 3.63) is 47.3 Å². The minimum Gasteiger partial charge on any atom is -0.484 e. The van der Waals surface area contributed by atoms with Crippen LogP contribution in [-0.4, -0.2) is 28.8 Å². The maximum atomic E-state index is 11.9. The molecule has 0 saturated carbocycles. The van der Waals surface area contributed by atoms with Crippen LogP contribution in [0.3, 0.4) is 0 Å². The first-order valence-corrected chi connectivity index (χ1v) is 7.91. The van der Waals surface area contributed by atoms with Gasteiger partial charge in [0.2, 0.25) is 0 Å². The zero-order chi connectivity index (χ0) is 16.8. The molecule has 0 spiro atoms. The van der Waals surface area contributed by atoms with Gasteiger partial charge in [-0.05, 0) is 50.5 Å². The summed E-state index contributed by atoms with van der Waals surface area (Å²) in [7, 11) is 0. The Morgan fingerprint density at radius 3 is 2.74 bits per heavy atom. The fourth-order valence-electron chi connectivity index (χ4n) is 2.41. The molecule has 0 aliphatic rings. The molecular weight excluding hydrogens is 290 g/mol. The minimum atomic E-state index is -0.105. The number of nitrogens with one attached hydrogen (secondary N) is 1. The molecule has 0 radical (unpaired) electrons. The van der Waals surface area contributed by atoms with E-state index in [9.17, 15) is 4.79 Å². The highest BCUT2D eigenvalue weighted by atomic mass is 16.5. The van der Waals surface area contributed by atoms with E-state index in [1.54, 1.807) is 0 Å². The topological polar surface area (TPSA) is 56.1 Å². The van der Waals surface area contributed by atoms with E-state index in [0.29, 0.717) is 12.5 Å². The molecule has 5 nitrogen and oxygen atoms in total. The van der Waals surface area contributed by atoms with E-state index in [0.717, 1.165) is 29.2 Å². The molecule has 1 heterocycles. The Bertz CT molecular complexity index is 664. The van der Waals surface area contributed by atoms with Crippen LogP contribution in [0, 0.1) is 26.7 Å². The van der Waals surface area contributed by atoms with Gasteiger partial charge < -0.3 is 10.1 Å². The van der Waals surface area contributed by atoms with Crippen molar-refractivity contribution in [2.24, 2.45) is 5.92 Å². The number of benzene rings is 1. The SMILES string of the molecule is Cc1cccc(OCC(=O)NC[C@H](C)Cn2nc(C)cc2C)c1. The van der Waals surface area contributed by atoms with Crippen molar-refractivity contribution in [2.75, 3.05) is 13.2 Å². The zero-order valence-corrected chi connectivity index (χ0v) is 14.3. The first-order valence-electron chi connectivity index (χ1n) is 7.91. The summed E-state index contributed by atoms with van der Waals surface area (Å²) in [5.41, 5.74) is 3.27. The van der Waals surface area contributed by atoms with Gasteiger partial charge in [0.05, 0.1) is 5.69 Å². The van der Waals surface area contributed by atoms with Gasteiger partial charge >= 0.3 is 0 Å². The Morgan fingerprint density at radius 2 is 2.09 bits per heavy atom. The number of hydrogen-bond acceptors (Lipinski definition) is 3. The second-order valence-electron chi connectivity index (χ2n) is 6.12. The first kappa shape index (κ1) is 17.1. The van der Waals surface area contributed by atoms with E-state index in [4.69, 9.17) is 4.74 Å². The summed E-state index contributed by atoms with van der Waals surface area (Å²) in [5.74, 6) is 0.915. The van der Waals surface area contributed by atoms with Crippen LogP contribution in [0.1, 0.15) is 23.9 Å². The van der Waals surface area contributed by atoms with Gasteiger partial charge in [-0.15, -0.1) is 0 Å². The third kappa shape index (κ3) is 5.43. The third-order valence-corrected chi connectivity index (χ3v) is 3.60. The van der Waals surface area contributed by atoms with Gasteiger partial charge in [0, 0.05) is 18.8 Å². The van der Waals surface area contributed by atoms with Crippen LogP contribution >= 0.6 is 0 Å². The van der Waals surface area contributed by atoms with Crippen LogP contribution in [0.2, 0.25) is 0 Å². The summed E-state index contributed by atoms with van der Waals surface area (Å²) in [6, 6.07) is 9.73. The van der Waals surface area contributed by atoms with Gasteiger partial charge in [0.1, 0.15) is 5.75 Å². The Morgan fingerprint density at radius 1 is 1.30 bits per heavy atom. The average Bonchev–Trinajstić information content (AvgIpc) is 2.81. The Kier molecular flexibility index (Phi) is 5.79. The molecule has 23 heavy (non-hydrogen) atoms. The number of nitrogens with zero attached hydrogens (tertiary/aromatic N) is 2. The molecule has 0 fully saturated rings. The maximum absolute atomic E-state index is 11.9. The van der Waals surface area contributed by atoms with Gasteiger partial charge in [-0.1, -0.05) is 19.1 Å². The lowest BCUT2D eigenvalue weighted by atomic mass is 10.2. The normalized spacial score (nSPS) is 12.0. The monoisotopic (exact) mass is 315 g/mol. The minimum absolute atomic E-state index is 0.0378. The van der Waals surface area contributed by atoms with Crippen LogP contribution in [0.5, 0.6) is 5.75 Å². The molecule has 0 aliphatic heterocycles. The fourth-order valence-corrected chi connectivity index (χ4v) is 2.41. The number of carbonyl (C=O) groups excluding carboxylic acids is 1. The van der Waals surface area contributed by atoms with Gasteiger partial charge in [-0.25, -0.2) is 0 Å². The highest BCUT2D eigenvalue weighted by molar-refractivity contribution is 5.77. The molecule has 5 heteroatoms. The summed E-state index contributed by atoms with van der Waals surface area (Å²) in [6.07, 6.45) is 0. The molecule has 1 N–H and O–H groups in total. The van der Waals surface area contributed by atoms with Gasteiger partial charge in [-0.3, -0.25) is 9.48 Å². The standard InChI is InChI=1S/C18H25N3O2/c1-13-6-5-7-17(8-13)23-12-18(22)19-10-14(2)11-21-16(4)9-15(3)20-21/h5-9,14H,10-12H2,1-4H3,(H,19,22)/t14-/m0/s1. The largest absolute Gasteiger partial charge is 0.484 e. The Labute approximate surface area is 137 Å². The van der Waals surface area contributed by atoms with Gasteiger partial charge in [-0.2, -0.15) is 5.10 Å². The van der Waals surface area contributed by atoms with Crippen LogP contribution in [0.25, 0.3) is 0 Å². The van der Waals surface area contributed by atoms with E-state index < -0.39 is 0 Å². The summed E-state index contributed by atoms with van der Waals surface area (Å²) < 4.78 is 7.47. The van der Waals surface area contributed by atoms with E-state index in [1.165, 1.54) is 0 Å². The number of rotatable bonds is 7. The molecule has 0 saturated heterocycles. The molecule has 0 unspecified atom stereocenters. The van der Waals surface area contributed by atoms with Crippen molar-refractivity contribution in [1.82, 2.24) is 15.1 Å². The summed E-state index contributed by atoms with van der Waals surface area (Å²) in [5, 5.41) is 7.35. The molecular formula is C18H25N3O2.